The molecule has 0 rings (SSSR count). The van der Waals surface area contributed by atoms with Crippen LogP contribution in [0, 0.1) is 5.41 Å². The van der Waals surface area contributed by atoms with Crippen molar-refractivity contribution >= 4 is 5.91 Å². The molecule has 0 saturated heterocycles. The molecule has 3 N–H and O–H groups in total. The van der Waals surface area contributed by atoms with Gasteiger partial charge in [0, 0.05) is 19.0 Å². The molecule has 0 aliphatic carbocycles. The summed E-state index contributed by atoms with van der Waals surface area (Å²) in [5.74, 6) is 0.101. The van der Waals surface area contributed by atoms with Gasteiger partial charge in [0.05, 0.1) is 0 Å². The highest BCUT2D eigenvalue weighted by atomic mass is 16.1. The molecule has 3 heteroatoms. The molecular formula is C11H24N2O. The molecule has 1 amide bonds. The fourth-order valence-corrected chi connectivity index (χ4v) is 1.26. The summed E-state index contributed by atoms with van der Waals surface area (Å²) in [5.41, 5.74) is 5.84. The Morgan fingerprint density at radius 3 is 2.43 bits per heavy atom. The zero-order valence-electron chi connectivity index (χ0n) is 9.89. The van der Waals surface area contributed by atoms with E-state index in [1.807, 2.05) is 0 Å². The first-order valence-electron chi connectivity index (χ1n) is 5.37. The molecule has 0 aromatic heterocycles. The van der Waals surface area contributed by atoms with Gasteiger partial charge in [-0.05, 0) is 11.8 Å². The molecule has 1 unspecified atom stereocenters. The number of amides is 1. The van der Waals surface area contributed by atoms with Gasteiger partial charge < -0.3 is 11.1 Å². The van der Waals surface area contributed by atoms with E-state index in [-0.39, 0.29) is 17.4 Å². The van der Waals surface area contributed by atoms with E-state index in [1.54, 1.807) is 0 Å². The number of nitrogens with one attached hydrogen (secondary N) is 1. The Balaban J connectivity index is 3.64. The minimum absolute atomic E-state index is 0.0545. The van der Waals surface area contributed by atoms with E-state index in [4.69, 9.17) is 5.73 Å². The van der Waals surface area contributed by atoms with Crippen LogP contribution >= 0.6 is 0 Å². The van der Waals surface area contributed by atoms with Crippen LogP contribution < -0.4 is 11.1 Å². The molecule has 1 atom stereocenters. The topological polar surface area (TPSA) is 55.1 Å². The summed E-state index contributed by atoms with van der Waals surface area (Å²) in [6, 6.07) is 0.101. The minimum Gasteiger partial charge on any atom is -0.355 e. The summed E-state index contributed by atoms with van der Waals surface area (Å²) in [7, 11) is 0. The third-order valence-corrected chi connectivity index (χ3v) is 1.91. The van der Waals surface area contributed by atoms with Crippen molar-refractivity contribution in [3.63, 3.8) is 0 Å². The zero-order chi connectivity index (χ0) is 11.2. The molecule has 84 valence electrons. The highest BCUT2D eigenvalue weighted by Crippen LogP contribution is 2.17. The van der Waals surface area contributed by atoms with Gasteiger partial charge >= 0.3 is 0 Å². The maximum atomic E-state index is 11.4. The minimum atomic E-state index is 0.0545. The fraction of sp³-hybridized carbons (Fsp3) is 0.909. The molecule has 0 radical (unpaired) electrons. The van der Waals surface area contributed by atoms with Crippen LogP contribution in [0.15, 0.2) is 0 Å². The van der Waals surface area contributed by atoms with Crippen molar-refractivity contribution in [2.24, 2.45) is 11.1 Å². The highest BCUT2D eigenvalue weighted by Gasteiger charge is 2.15. The molecule has 0 heterocycles. The summed E-state index contributed by atoms with van der Waals surface area (Å²) >= 11 is 0. The number of hydrogen-bond donors (Lipinski definition) is 2. The van der Waals surface area contributed by atoms with Gasteiger partial charge in [-0.1, -0.05) is 34.1 Å². The number of hydrogen-bond acceptors (Lipinski definition) is 2. The molecule has 0 bridgehead atoms. The Morgan fingerprint density at radius 1 is 1.43 bits per heavy atom. The lowest BCUT2D eigenvalue weighted by Crippen LogP contribution is -2.38. The van der Waals surface area contributed by atoms with Crippen LogP contribution in [0.1, 0.15) is 47.0 Å². The largest absolute Gasteiger partial charge is 0.355 e. The lowest BCUT2D eigenvalue weighted by Gasteiger charge is -2.18. The van der Waals surface area contributed by atoms with Crippen LogP contribution in [0.3, 0.4) is 0 Å². The monoisotopic (exact) mass is 200 g/mol. The third-order valence-electron chi connectivity index (χ3n) is 1.91. The summed E-state index contributed by atoms with van der Waals surface area (Å²) < 4.78 is 0. The standard InChI is InChI=1S/C11H24N2O/c1-5-6-9(12)8-13-10(14)7-11(2,3)4/h9H,5-8,12H2,1-4H3,(H,13,14). The van der Waals surface area contributed by atoms with Gasteiger partial charge in [0.15, 0.2) is 0 Å². The fourth-order valence-electron chi connectivity index (χ4n) is 1.26. The van der Waals surface area contributed by atoms with E-state index in [9.17, 15) is 4.79 Å². The predicted octanol–water partition coefficient (Wildman–Crippen LogP) is 1.67. The van der Waals surface area contributed by atoms with E-state index in [1.165, 1.54) is 0 Å². The molecule has 0 aliphatic heterocycles. The van der Waals surface area contributed by atoms with E-state index in [0.29, 0.717) is 13.0 Å². The van der Waals surface area contributed by atoms with E-state index in [0.717, 1.165) is 12.8 Å². The normalized spacial score (nSPS) is 13.8. The van der Waals surface area contributed by atoms with Crippen molar-refractivity contribution < 1.29 is 4.79 Å². The number of rotatable bonds is 5. The average Bonchev–Trinajstić information content (AvgIpc) is 1.98. The Morgan fingerprint density at radius 2 is 2.00 bits per heavy atom. The highest BCUT2D eigenvalue weighted by molar-refractivity contribution is 5.76. The van der Waals surface area contributed by atoms with Crippen molar-refractivity contribution in [2.45, 2.75) is 53.0 Å². The predicted molar refractivity (Wildman–Crippen MR) is 60.0 cm³/mol. The van der Waals surface area contributed by atoms with Gasteiger partial charge in [-0.15, -0.1) is 0 Å². The SMILES string of the molecule is CCCC(N)CNC(=O)CC(C)(C)C. The lowest BCUT2D eigenvalue weighted by atomic mass is 9.92. The molecule has 0 spiro atoms. The summed E-state index contributed by atoms with van der Waals surface area (Å²) in [4.78, 5) is 11.4. The first-order chi connectivity index (χ1) is 6.35. The Kier molecular flexibility index (Phi) is 5.77. The average molecular weight is 200 g/mol. The van der Waals surface area contributed by atoms with Gasteiger partial charge in [-0.3, -0.25) is 4.79 Å². The van der Waals surface area contributed by atoms with Crippen molar-refractivity contribution in [3.05, 3.63) is 0 Å². The van der Waals surface area contributed by atoms with Crippen LogP contribution in [-0.4, -0.2) is 18.5 Å². The second kappa shape index (κ2) is 6.02. The second-order valence-corrected chi connectivity index (χ2v) is 5.09. The Labute approximate surface area is 87.4 Å². The van der Waals surface area contributed by atoms with Crippen LogP contribution in [0.5, 0.6) is 0 Å². The molecule has 0 aromatic carbocycles. The van der Waals surface area contributed by atoms with Crippen molar-refractivity contribution in [1.82, 2.24) is 5.32 Å². The number of carbonyl (C=O) groups excluding carboxylic acids is 1. The van der Waals surface area contributed by atoms with Crippen molar-refractivity contribution in [2.75, 3.05) is 6.54 Å². The van der Waals surface area contributed by atoms with Gasteiger partial charge in [-0.2, -0.15) is 0 Å². The van der Waals surface area contributed by atoms with Crippen molar-refractivity contribution in [1.29, 1.82) is 0 Å². The second-order valence-electron chi connectivity index (χ2n) is 5.09. The smallest absolute Gasteiger partial charge is 0.220 e. The molecule has 0 aliphatic rings. The third kappa shape index (κ3) is 8.05. The summed E-state index contributed by atoms with van der Waals surface area (Å²) in [5, 5.41) is 2.86. The molecule has 0 fully saturated rings. The van der Waals surface area contributed by atoms with E-state index >= 15 is 0 Å². The van der Waals surface area contributed by atoms with Gasteiger partial charge in [0.2, 0.25) is 5.91 Å². The lowest BCUT2D eigenvalue weighted by molar-refractivity contribution is -0.122. The summed E-state index contributed by atoms with van der Waals surface area (Å²) in [6.45, 7) is 8.86. The van der Waals surface area contributed by atoms with Gasteiger partial charge in [0.25, 0.3) is 0 Å². The summed E-state index contributed by atoms with van der Waals surface area (Å²) in [6.07, 6.45) is 2.60. The number of carbonyl (C=O) groups is 1. The first-order valence-corrected chi connectivity index (χ1v) is 5.37. The van der Waals surface area contributed by atoms with Crippen molar-refractivity contribution in [3.8, 4) is 0 Å². The zero-order valence-corrected chi connectivity index (χ0v) is 9.89. The van der Waals surface area contributed by atoms with Crippen LogP contribution in [0.25, 0.3) is 0 Å². The molecular weight excluding hydrogens is 176 g/mol. The van der Waals surface area contributed by atoms with E-state index < -0.39 is 0 Å². The van der Waals surface area contributed by atoms with E-state index in [2.05, 4.69) is 33.0 Å². The van der Waals surface area contributed by atoms with Gasteiger partial charge in [-0.25, -0.2) is 0 Å². The van der Waals surface area contributed by atoms with Crippen LogP contribution in [0.4, 0.5) is 0 Å². The molecule has 0 aromatic rings. The van der Waals surface area contributed by atoms with Gasteiger partial charge in [0.1, 0.15) is 0 Å². The molecule has 0 saturated carbocycles. The maximum absolute atomic E-state index is 11.4. The first kappa shape index (κ1) is 13.4. The quantitative estimate of drug-likeness (QED) is 0.709. The van der Waals surface area contributed by atoms with Crippen LogP contribution in [-0.2, 0) is 4.79 Å². The molecule has 14 heavy (non-hydrogen) atoms. The molecule has 3 nitrogen and oxygen atoms in total. The Bertz CT molecular complexity index is 173. The Hall–Kier alpha value is -0.570. The van der Waals surface area contributed by atoms with Crippen LogP contribution in [0.2, 0.25) is 0 Å². The number of nitrogens with two attached hydrogens (primary N) is 1. The maximum Gasteiger partial charge on any atom is 0.220 e.